The predicted molar refractivity (Wildman–Crippen MR) is 100 cm³/mol. The molecule has 138 valence electrons. The highest BCUT2D eigenvalue weighted by atomic mass is 16.5. The van der Waals surface area contributed by atoms with Gasteiger partial charge in [-0.05, 0) is 56.7 Å². The van der Waals surface area contributed by atoms with E-state index in [0.717, 1.165) is 23.5 Å². The monoisotopic (exact) mass is 346 g/mol. The fraction of sp³-hybridized carbons (Fsp3) is 0.550. The molecular formula is C20H30N2O3. The van der Waals surface area contributed by atoms with Crippen molar-refractivity contribution >= 4 is 6.03 Å². The number of hydrogen-bond acceptors (Lipinski definition) is 3. The molecule has 0 bridgehead atoms. The number of nitrogens with one attached hydrogen (secondary N) is 2. The number of carbonyl (C=O) groups excluding carboxylic acids is 1. The van der Waals surface area contributed by atoms with E-state index in [1.165, 1.54) is 25.7 Å². The van der Waals surface area contributed by atoms with Crippen LogP contribution >= 0.6 is 0 Å². The average Bonchev–Trinajstić information content (AvgIpc) is 3.11. The Morgan fingerprint density at radius 1 is 1.16 bits per heavy atom. The molecule has 5 nitrogen and oxygen atoms in total. The summed E-state index contributed by atoms with van der Waals surface area (Å²) in [5.74, 6) is 2.14. The van der Waals surface area contributed by atoms with Gasteiger partial charge in [0.2, 0.25) is 0 Å². The summed E-state index contributed by atoms with van der Waals surface area (Å²) in [6.07, 6.45) is 9.69. The van der Waals surface area contributed by atoms with Crippen molar-refractivity contribution in [2.45, 2.75) is 46.0 Å². The van der Waals surface area contributed by atoms with E-state index in [1.807, 2.05) is 32.0 Å². The van der Waals surface area contributed by atoms with Crippen molar-refractivity contribution in [3.8, 4) is 11.5 Å². The number of amides is 2. The second kappa shape index (κ2) is 10.6. The molecule has 1 aromatic carbocycles. The highest BCUT2D eigenvalue weighted by molar-refractivity contribution is 5.74. The Morgan fingerprint density at radius 3 is 2.60 bits per heavy atom. The Morgan fingerprint density at radius 2 is 1.88 bits per heavy atom. The van der Waals surface area contributed by atoms with Crippen LogP contribution in [0.1, 0.15) is 45.1 Å². The van der Waals surface area contributed by atoms with Crippen LogP contribution in [0, 0.1) is 5.92 Å². The van der Waals surface area contributed by atoms with E-state index >= 15 is 0 Å². The average molecular weight is 346 g/mol. The van der Waals surface area contributed by atoms with Crippen LogP contribution in [0.5, 0.6) is 11.5 Å². The number of rotatable bonds is 9. The van der Waals surface area contributed by atoms with Crippen molar-refractivity contribution in [3.05, 3.63) is 36.0 Å². The summed E-state index contributed by atoms with van der Waals surface area (Å²) in [5.41, 5.74) is 1.11. The lowest BCUT2D eigenvalue weighted by Gasteiger charge is -2.12. The highest BCUT2D eigenvalue weighted by Gasteiger charge is 2.11. The van der Waals surface area contributed by atoms with E-state index in [4.69, 9.17) is 9.47 Å². The van der Waals surface area contributed by atoms with Gasteiger partial charge in [0.25, 0.3) is 0 Å². The molecular weight excluding hydrogens is 316 g/mol. The molecule has 1 fully saturated rings. The predicted octanol–water partition coefficient (Wildman–Crippen LogP) is 4.03. The lowest BCUT2D eigenvalue weighted by molar-refractivity contribution is 0.244. The van der Waals surface area contributed by atoms with Gasteiger partial charge in [-0.25, -0.2) is 4.79 Å². The lowest BCUT2D eigenvalue weighted by Crippen LogP contribution is -2.33. The molecule has 0 radical (unpaired) electrons. The van der Waals surface area contributed by atoms with Gasteiger partial charge in [0.05, 0.1) is 13.2 Å². The van der Waals surface area contributed by atoms with Gasteiger partial charge in [0, 0.05) is 12.7 Å². The molecule has 2 rings (SSSR count). The molecule has 1 saturated carbocycles. The summed E-state index contributed by atoms with van der Waals surface area (Å²) in [7, 11) is 0. The van der Waals surface area contributed by atoms with E-state index < -0.39 is 0 Å². The molecule has 2 N–H and O–H groups in total. The minimum Gasteiger partial charge on any atom is -0.490 e. The van der Waals surface area contributed by atoms with Gasteiger partial charge in [0.1, 0.15) is 0 Å². The maximum absolute atomic E-state index is 11.8. The Balaban J connectivity index is 1.74. The van der Waals surface area contributed by atoms with Crippen molar-refractivity contribution in [1.29, 1.82) is 0 Å². The van der Waals surface area contributed by atoms with Gasteiger partial charge in [-0.15, -0.1) is 0 Å². The molecule has 2 amide bonds. The number of hydrogen-bond donors (Lipinski definition) is 2. The molecule has 0 heterocycles. The van der Waals surface area contributed by atoms with Crippen molar-refractivity contribution < 1.29 is 14.3 Å². The molecule has 1 aliphatic carbocycles. The van der Waals surface area contributed by atoms with Crippen LogP contribution in [0.3, 0.4) is 0 Å². The fourth-order valence-corrected chi connectivity index (χ4v) is 3.03. The first-order valence-corrected chi connectivity index (χ1v) is 9.32. The van der Waals surface area contributed by atoms with Gasteiger partial charge < -0.3 is 20.1 Å². The first-order valence-electron chi connectivity index (χ1n) is 9.32. The quantitative estimate of drug-likeness (QED) is 0.710. The smallest absolute Gasteiger partial charge is 0.318 e. The zero-order valence-corrected chi connectivity index (χ0v) is 15.3. The third-order valence-corrected chi connectivity index (χ3v) is 4.29. The van der Waals surface area contributed by atoms with Crippen molar-refractivity contribution in [2.75, 3.05) is 19.8 Å². The van der Waals surface area contributed by atoms with E-state index in [2.05, 4.69) is 16.7 Å². The van der Waals surface area contributed by atoms with Crippen LogP contribution in [0.25, 0.3) is 0 Å². The van der Waals surface area contributed by atoms with E-state index in [1.54, 1.807) is 6.20 Å². The molecule has 5 heteroatoms. The van der Waals surface area contributed by atoms with Gasteiger partial charge >= 0.3 is 6.03 Å². The lowest BCUT2D eigenvalue weighted by atomic mass is 10.1. The second-order valence-corrected chi connectivity index (χ2v) is 6.20. The number of benzene rings is 1. The summed E-state index contributed by atoms with van der Waals surface area (Å²) in [6.45, 7) is 5.68. The van der Waals surface area contributed by atoms with Crippen molar-refractivity contribution in [3.63, 3.8) is 0 Å². The SMILES string of the molecule is CCOc1ccc(CCNC(=O)N/C=C/C2CCCC2)cc1OCC. The maximum Gasteiger partial charge on any atom is 0.318 e. The number of carbonyl (C=O) groups is 1. The molecule has 0 saturated heterocycles. The molecule has 0 spiro atoms. The van der Waals surface area contributed by atoms with E-state index in [0.29, 0.717) is 25.7 Å². The number of ether oxygens (including phenoxy) is 2. The summed E-state index contributed by atoms with van der Waals surface area (Å²) in [6, 6.07) is 5.75. The van der Waals surface area contributed by atoms with Crippen LogP contribution in [-0.4, -0.2) is 25.8 Å². The van der Waals surface area contributed by atoms with Gasteiger partial charge in [0.15, 0.2) is 11.5 Å². The minimum absolute atomic E-state index is 0.162. The summed E-state index contributed by atoms with van der Waals surface area (Å²) >= 11 is 0. The van der Waals surface area contributed by atoms with Crippen molar-refractivity contribution in [1.82, 2.24) is 10.6 Å². The Hall–Kier alpha value is -2.17. The number of allylic oxidation sites excluding steroid dienone is 1. The highest BCUT2D eigenvalue weighted by Crippen LogP contribution is 2.28. The Labute approximate surface area is 150 Å². The van der Waals surface area contributed by atoms with Crippen LogP contribution < -0.4 is 20.1 Å². The van der Waals surface area contributed by atoms with E-state index in [9.17, 15) is 4.79 Å². The van der Waals surface area contributed by atoms with Crippen LogP contribution in [0.15, 0.2) is 30.5 Å². The fourth-order valence-electron chi connectivity index (χ4n) is 3.03. The number of urea groups is 1. The Bertz CT molecular complexity index is 566. The zero-order valence-electron chi connectivity index (χ0n) is 15.3. The van der Waals surface area contributed by atoms with Gasteiger partial charge in [-0.2, -0.15) is 0 Å². The van der Waals surface area contributed by atoms with Gasteiger partial charge in [-0.3, -0.25) is 0 Å². The summed E-state index contributed by atoms with van der Waals surface area (Å²) in [4.78, 5) is 11.8. The third-order valence-electron chi connectivity index (χ3n) is 4.29. The molecule has 1 aliphatic rings. The van der Waals surface area contributed by atoms with Crippen molar-refractivity contribution in [2.24, 2.45) is 5.92 Å². The normalized spacial score (nSPS) is 14.6. The topological polar surface area (TPSA) is 59.6 Å². The van der Waals surface area contributed by atoms with Crippen LogP contribution in [0.4, 0.5) is 4.79 Å². The molecule has 0 aromatic heterocycles. The first kappa shape index (κ1) is 19.2. The van der Waals surface area contributed by atoms with Crippen LogP contribution in [-0.2, 0) is 6.42 Å². The zero-order chi connectivity index (χ0) is 17.9. The molecule has 0 atom stereocenters. The minimum atomic E-state index is -0.162. The molecule has 1 aromatic rings. The standard InChI is InChI=1S/C20H30N2O3/c1-3-24-18-10-9-17(15-19(18)25-4-2)12-14-22-20(23)21-13-11-16-7-5-6-8-16/h9-11,13,15-16H,3-8,12,14H2,1-2H3,(H2,21,22,23)/b13-11+. The first-order chi connectivity index (χ1) is 12.2. The maximum atomic E-state index is 11.8. The van der Waals surface area contributed by atoms with Crippen LogP contribution in [0.2, 0.25) is 0 Å². The molecule has 0 aliphatic heterocycles. The van der Waals surface area contributed by atoms with Gasteiger partial charge in [-0.1, -0.05) is 25.0 Å². The second-order valence-electron chi connectivity index (χ2n) is 6.20. The van der Waals surface area contributed by atoms with E-state index in [-0.39, 0.29) is 6.03 Å². The summed E-state index contributed by atoms with van der Waals surface area (Å²) < 4.78 is 11.2. The third kappa shape index (κ3) is 6.69. The summed E-state index contributed by atoms with van der Waals surface area (Å²) in [5, 5.41) is 5.65. The molecule has 0 unspecified atom stereocenters. The molecule has 25 heavy (non-hydrogen) atoms. The Kier molecular flexibility index (Phi) is 8.16. The largest absolute Gasteiger partial charge is 0.490 e.